The van der Waals surface area contributed by atoms with Crippen LogP contribution < -0.4 is 5.32 Å². The molecule has 0 saturated carbocycles. The fraction of sp³-hybridized carbons (Fsp3) is 0.286. The van der Waals surface area contributed by atoms with Crippen molar-refractivity contribution >= 4 is 47.2 Å². The first-order valence-electron chi connectivity index (χ1n) is 6.89. The van der Waals surface area contributed by atoms with Crippen LogP contribution >= 0.6 is 0 Å². The molecule has 4 amide bonds. The van der Waals surface area contributed by atoms with Crippen molar-refractivity contribution < 1.29 is 19.2 Å². The summed E-state index contributed by atoms with van der Waals surface area (Å²) < 4.78 is 0. The normalized spacial score (nSPS) is 26.7. The Morgan fingerprint density at radius 2 is 1.39 bits per heavy atom. The van der Waals surface area contributed by atoms with Gasteiger partial charge in [-0.2, -0.15) is 0 Å². The van der Waals surface area contributed by atoms with Crippen LogP contribution in [0.4, 0.5) is 0 Å². The lowest BCUT2D eigenvalue weighted by molar-refractivity contribution is -0.133. The van der Waals surface area contributed by atoms with E-state index in [1.807, 2.05) is 5.32 Å². The van der Waals surface area contributed by atoms with Crippen molar-refractivity contribution in [2.45, 2.75) is 23.5 Å². The minimum Gasteiger partial charge on any atom is -0.296 e. The number of carbonyl (C=O) groups excluding carboxylic acids is 4. The summed E-state index contributed by atoms with van der Waals surface area (Å²) in [4.78, 5) is 49.8. The standard InChI is InChI=1S/C14H9B3N2O4/c15-13(16)5-6-14(17,12(23)18-11(13)22)19-9(20)7-3-1-2-4-8(7)10(19)21/h1-4H,5-6H2,(H,18,22,23). The second kappa shape index (κ2) is 4.84. The second-order valence-electron chi connectivity index (χ2n) is 5.74. The maximum atomic E-state index is 12.5. The molecule has 108 valence electrons. The van der Waals surface area contributed by atoms with Gasteiger partial charge in [0, 0.05) is 0 Å². The number of carbonyl (C=O) groups is 4. The molecule has 0 aliphatic carbocycles. The van der Waals surface area contributed by atoms with Crippen molar-refractivity contribution in [3.8, 4) is 0 Å². The first-order chi connectivity index (χ1) is 10.7. The van der Waals surface area contributed by atoms with Gasteiger partial charge in [-0.05, 0) is 23.8 Å². The summed E-state index contributed by atoms with van der Waals surface area (Å²) in [5, 5.41) is 0.158. The molecule has 1 saturated heterocycles. The van der Waals surface area contributed by atoms with Gasteiger partial charge in [0.15, 0.2) is 0 Å². The monoisotopic (exact) mass is 302 g/mol. The Bertz CT molecular complexity index is 729. The van der Waals surface area contributed by atoms with Crippen LogP contribution in [0.1, 0.15) is 33.6 Å². The zero-order valence-electron chi connectivity index (χ0n) is 12.0. The van der Waals surface area contributed by atoms with E-state index in [-0.39, 0.29) is 24.0 Å². The highest BCUT2D eigenvalue weighted by Crippen LogP contribution is 2.36. The molecule has 1 fully saturated rings. The largest absolute Gasteiger partial charge is 0.296 e. The van der Waals surface area contributed by atoms with Crippen LogP contribution in [-0.2, 0) is 9.59 Å². The first-order valence-corrected chi connectivity index (χ1v) is 6.89. The topological polar surface area (TPSA) is 83.6 Å². The van der Waals surface area contributed by atoms with Gasteiger partial charge >= 0.3 is 0 Å². The van der Waals surface area contributed by atoms with Crippen molar-refractivity contribution in [3.05, 3.63) is 35.4 Å². The van der Waals surface area contributed by atoms with Gasteiger partial charge in [0.25, 0.3) is 11.8 Å². The minimum atomic E-state index is -2.04. The average molecular weight is 302 g/mol. The number of imide groups is 2. The lowest BCUT2D eigenvalue weighted by Gasteiger charge is -2.35. The highest BCUT2D eigenvalue weighted by molar-refractivity contribution is 6.52. The third-order valence-electron chi connectivity index (χ3n) is 4.16. The third-order valence-corrected chi connectivity index (χ3v) is 4.16. The summed E-state index contributed by atoms with van der Waals surface area (Å²) in [6.45, 7) is 0. The third kappa shape index (κ3) is 2.14. The summed E-state index contributed by atoms with van der Waals surface area (Å²) >= 11 is 0. The summed E-state index contributed by atoms with van der Waals surface area (Å²) in [6, 6.07) is 6.13. The van der Waals surface area contributed by atoms with Crippen LogP contribution in [0.2, 0.25) is 5.21 Å². The Morgan fingerprint density at radius 3 is 1.91 bits per heavy atom. The predicted molar refractivity (Wildman–Crippen MR) is 82.0 cm³/mol. The summed E-state index contributed by atoms with van der Waals surface area (Å²) in [5.74, 6) is -3.30. The zero-order chi connectivity index (χ0) is 17.0. The predicted octanol–water partition coefficient (Wildman–Crippen LogP) is -0.963. The summed E-state index contributed by atoms with van der Waals surface area (Å²) in [5.41, 5.74) is -1.74. The molecule has 1 aromatic carbocycles. The molecule has 2 aliphatic rings. The van der Waals surface area contributed by atoms with E-state index >= 15 is 0 Å². The summed E-state index contributed by atoms with van der Waals surface area (Å²) in [7, 11) is 17.3. The lowest BCUT2D eigenvalue weighted by atomic mass is 9.51. The van der Waals surface area contributed by atoms with E-state index < -0.39 is 34.3 Å². The van der Waals surface area contributed by atoms with Crippen molar-refractivity contribution in [2.75, 3.05) is 0 Å². The minimum absolute atomic E-state index is 0.150. The smallest absolute Gasteiger partial charge is 0.261 e. The maximum absolute atomic E-state index is 12.5. The van der Waals surface area contributed by atoms with Crippen LogP contribution in [0, 0.1) is 0 Å². The van der Waals surface area contributed by atoms with Gasteiger partial charge in [-0.25, -0.2) is 0 Å². The Labute approximate surface area is 136 Å². The van der Waals surface area contributed by atoms with E-state index in [1.165, 1.54) is 12.1 Å². The van der Waals surface area contributed by atoms with E-state index in [9.17, 15) is 19.2 Å². The molecular formula is C14H9B3N2O4. The van der Waals surface area contributed by atoms with Gasteiger partial charge in [0.1, 0.15) is 7.85 Å². The lowest BCUT2D eigenvalue weighted by Crippen LogP contribution is -2.61. The fourth-order valence-electron chi connectivity index (χ4n) is 2.72. The van der Waals surface area contributed by atoms with Gasteiger partial charge in [-0.1, -0.05) is 18.6 Å². The van der Waals surface area contributed by atoms with Crippen molar-refractivity contribution in [3.63, 3.8) is 0 Å². The van der Waals surface area contributed by atoms with Gasteiger partial charge in [-0.3, -0.25) is 29.4 Å². The van der Waals surface area contributed by atoms with Crippen LogP contribution in [0.5, 0.6) is 0 Å². The van der Waals surface area contributed by atoms with Crippen LogP contribution in [0.3, 0.4) is 0 Å². The molecule has 1 atom stereocenters. The SMILES string of the molecule is [B]C1([B])CCC([B])(N2C(=O)c3ccccc3C2=O)C(=O)NC1=O. The van der Waals surface area contributed by atoms with Gasteiger partial charge in [0.2, 0.25) is 11.8 Å². The molecule has 3 rings (SSSR count). The molecule has 2 aliphatic heterocycles. The Hall–Kier alpha value is -2.31. The number of benzene rings is 1. The van der Waals surface area contributed by atoms with Crippen LogP contribution in [0.25, 0.3) is 0 Å². The molecule has 0 spiro atoms. The molecule has 0 bridgehead atoms. The van der Waals surface area contributed by atoms with Crippen LogP contribution in [-0.4, -0.2) is 57.5 Å². The number of nitrogens with one attached hydrogen (secondary N) is 1. The number of amides is 4. The number of rotatable bonds is 1. The number of hydrogen-bond donors (Lipinski definition) is 1. The van der Waals surface area contributed by atoms with Crippen molar-refractivity contribution in [2.24, 2.45) is 0 Å². The molecule has 6 radical (unpaired) electrons. The Balaban J connectivity index is 2.04. The van der Waals surface area contributed by atoms with Gasteiger partial charge in [0.05, 0.1) is 32.3 Å². The molecule has 1 unspecified atom stereocenters. The van der Waals surface area contributed by atoms with E-state index in [4.69, 9.17) is 23.5 Å². The van der Waals surface area contributed by atoms with Crippen LogP contribution in [0.15, 0.2) is 24.3 Å². The number of nitrogens with zero attached hydrogens (tertiary/aromatic N) is 1. The first kappa shape index (κ1) is 15.6. The molecule has 6 nitrogen and oxygen atoms in total. The quantitative estimate of drug-likeness (QED) is 0.535. The maximum Gasteiger partial charge on any atom is 0.261 e. The van der Waals surface area contributed by atoms with Gasteiger partial charge < -0.3 is 0 Å². The Kier molecular flexibility index (Phi) is 3.28. The molecule has 1 N–H and O–H groups in total. The molecule has 0 aromatic heterocycles. The highest BCUT2D eigenvalue weighted by Gasteiger charge is 2.52. The fourth-order valence-corrected chi connectivity index (χ4v) is 2.72. The molecular weight excluding hydrogens is 293 g/mol. The Morgan fingerprint density at radius 1 is 0.870 bits per heavy atom. The van der Waals surface area contributed by atoms with Gasteiger partial charge in [-0.15, -0.1) is 0 Å². The zero-order valence-corrected chi connectivity index (χ0v) is 12.0. The van der Waals surface area contributed by atoms with Crippen molar-refractivity contribution in [1.29, 1.82) is 0 Å². The molecule has 1 aromatic rings. The van der Waals surface area contributed by atoms with E-state index in [0.717, 1.165) is 0 Å². The van der Waals surface area contributed by atoms with E-state index in [1.54, 1.807) is 12.1 Å². The van der Waals surface area contributed by atoms with E-state index in [0.29, 0.717) is 4.90 Å². The number of fused-ring (bicyclic) bond motifs is 1. The number of hydrogen-bond acceptors (Lipinski definition) is 4. The van der Waals surface area contributed by atoms with Crippen molar-refractivity contribution in [1.82, 2.24) is 10.2 Å². The second-order valence-corrected chi connectivity index (χ2v) is 5.74. The molecule has 9 heteroatoms. The molecule has 2 heterocycles. The molecule has 23 heavy (non-hydrogen) atoms. The average Bonchev–Trinajstić information content (AvgIpc) is 2.73. The summed E-state index contributed by atoms with van der Waals surface area (Å²) in [6.07, 6.45) is -0.405. The highest BCUT2D eigenvalue weighted by atomic mass is 16.2. The van der Waals surface area contributed by atoms with E-state index in [2.05, 4.69) is 0 Å².